The summed E-state index contributed by atoms with van der Waals surface area (Å²) in [5, 5.41) is 1.11. The van der Waals surface area contributed by atoms with Gasteiger partial charge in [-0.2, -0.15) is 25.3 Å². The second kappa shape index (κ2) is 7.05. The summed E-state index contributed by atoms with van der Waals surface area (Å²) in [6, 6.07) is 0. The van der Waals surface area contributed by atoms with Gasteiger partial charge in [0.1, 0.15) is 0 Å². The lowest BCUT2D eigenvalue weighted by Gasteiger charge is -2.18. The van der Waals surface area contributed by atoms with E-state index in [1.807, 2.05) is 0 Å². The summed E-state index contributed by atoms with van der Waals surface area (Å²) in [4.78, 5) is 0. The molecule has 80 valence electrons. The van der Waals surface area contributed by atoms with Gasteiger partial charge in [0.15, 0.2) is 0 Å². The Morgan fingerprint density at radius 3 is 1.85 bits per heavy atom. The minimum Gasteiger partial charge on any atom is -0.176 e. The van der Waals surface area contributed by atoms with Gasteiger partial charge in [0.25, 0.3) is 0 Å². The van der Waals surface area contributed by atoms with Gasteiger partial charge in [-0.3, -0.25) is 0 Å². The van der Waals surface area contributed by atoms with Gasteiger partial charge in [0, 0.05) is 10.5 Å². The van der Waals surface area contributed by atoms with Crippen LogP contribution in [-0.4, -0.2) is 10.5 Å². The van der Waals surface area contributed by atoms with E-state index in [0.717, 1.165) is 5.92 Å². The Morgan fingerprint density at radius 2 is 1.46 bits per heavy atom. The predicted molar refractivity (Wildman–Crippen MR) is 69.1 cm³/mol. The van der Waals surface area contributed by atoms with Crippen molar-refractivity contribution in [2.75, 3.05) is 0 Å². The van der Waals surface area contributed by atoms with Crippen molar-refractivity contribution in [3.8, 4) is 0 Å². The van der Waals surface area contributed by atoms with Crippen LogP contribution >= 0.6 is 25.3 Å². The van der Waals surface area contributed by atoms with Gasteiger partial charge in [-0.15, -0.1) is 0 Å². The van der Waals surface area contributed by atoms with Crippen molar-refractivity contribution in [3.63, 3.8) is 0 Å². The van der Waals surface area contributed by atoms with E-state index in [-0.39, 0.29) is 0 Å². The summed E-state index contributed by atoms with van der Waals surface area (Å²) in [5.41, 5.74) is 0. The molecule has 0 aromatic rings. The zero-order valence-electron chi connectivity index (χ0n) is 9.33. The predicted octanol–water partition coefficient (Wildman–Crippen LogP) is 4.07. The van der Waals surface area contributed by atoms with Crippen LogP contribution in [0.3, 0.4) is 0 Å². The average Bonchev–Trinajstić information content (AvgIpc) is 1.98. The van der Waals surface area contributed by atoms with Crippen molar-refractivity contribution in [2.24, 2.45) is 11.8 Å². The van der Waals surface area contributed by atoms with Gasteiger partial charge in [-0.1, -0.05) is 27.7 Å². The molecule has 0 radical (unpaired) electrons. The van der Waals surface area contributed by atoms with Crippen LogP contribution < -0.4 is 0 Å². The van der Waals surface area contributed by atoms with E-state index in [4.69, 9.17) is 0 Å². The molecule has 0 saturated carbocycles. The molecule has 0 aliphatic carbocycles. The van der Waals surface area contributed by atoms with E-state index < -0.39 is 0 Å². The van der Waals surface area contributed by atoms with Gasteiger partial charge in [0.2, 0.25) is 0 Å². The van der Waals surface area contributed by atoms with Crippen molar-refractivity contribution in [1.29, 1.82) is 0 Å². The van der Waals surface area contributed by atoms with Crippen molar-refractivity contribution >= 4 is 25.3 Å². The molecule has 0 spiro atoms. The minimum atomic E-state index is 0.543. The van der Waals surface area contributed by atoms with Crippen LogP contribution in [0.25, 0.3) is 0 Å². The van der Waals surface area contributed by atoms with E-state index in [2.05, 4.69) is 53.0 Å². The zero-order chi connectivity index (χ0) is 10.4. The third-order valence-corrected chi connectivity index (χ3v) is 3.63. The highest BCUT2D eigenvalue weighted by Crippen LogP contribution is 2.21. The molecule has 0 N–H and O–H groups in total. The molecule has 2 unspecified atom stereocenters. The van der Waals surface area contributed by atoms with E-state index >= 15 is 0 Å². The summed E-state index contributed by atoms with van der Waals surface area (Å²) in [7, 11) is 0. The maximum Gasteiger partial charge on any atom is 0.00402 e. The topological polar surface area (TPSA) is 0 Å². The number of hydrogen-bond acceptors (Lipinski definition) is 2. The van der Waals surface area contributed by atoms with Gasteiger partial charge in [0.05, 0.1) is 0 Å². The van der Waals surface area contributed by atoms with Crippen molar-refractivity contribution in [3.05, 3.63) is 0 Å². The summed E-state index contributed by atoms with van der Waals surface area (Å²) < 4.78 is 0. The molecular formula is C11H24S2. The molecule has 2 heteroatoms. The fourth-order valence-corrected chi connectivity index (χ4v) is 2.08. The summed E-state index contributed by atoms with van der Waals surface area (Å²) in [6.45, 7) is 8.97. The van der Waals surface area contributed by atoms with Crippen LogP contribution in [-0.2, 0) is 0 Å². The monoisotopic (exact) mass is 220 g/mol. The molecule has 2 atom stereocenters. The van der Waals surface area contributed by atoms with Crippen molar-refractivity contribution in [1.82, 2.24) is 0 Å². The smallest absolute Gasteiger partial charge is 0.00402 e. The SMILES string of the molecule is CC(C)CC(S)CCC(S)C(C)C. The second-order valence-corrected chi connectivity index (χ2v) is 6.07. The Kier molecular flexibility index (Phi) is 7.43. The molecule has 0 nitrogen and oxygen atoms in total. The largest absolute Gasteiger partial charge is 0.176 e. The number of hydrogen-bond donors (Lipinski definition) is 2. The third kappa shape index (κ3) is 7.75. The Bertz CT molecular complexity index is 121. The second-order valence-electron chi connectivity index (χ2n) is 4.67. The van der Waals surface area contributed by atoms with E-state index in [1.54, 1.807) is 0 Å². The first-order valence-corrected chi connectivity index (χ1v) is 6.32. The van der Waals surface area contributed by atoms with Gasteiger partial charge < -0.3 is 0 Å². The van der Waals surface area contributed by atoms with E-state index in [0.29, 0.717) is 16.4 Å². The third-order valence-electron chi connectivity index (χ3n) is 2.31. The molecule has 0 aromatic heterocycles. The lowest BCUT2D eigenvalue weighted by molar-refractivity contribution is 0.506. The molecule has 0 heterocycles. The molecule has 0 rings (SSSR count). The molecule has 0 bridgehead atoms. The van der Waals surface area contributed by atoms with Gasteiger partial charge in [-0.05, 0) is 31.1 Å². The summed E-state index contributed by atoms with van der Waals surface area (Å²) in [5.74, 6) is 1.45. The van der Waals surface area contributed by atoms with Crippen LogP contribution in [0.5, 0.6) is 0 Å². The highest BCUT2D eigenvalue weighted by molar-refractivity contribution is 7.81. The maximum atomic E-state index is 4.58. The molecule has 0 amide bonds. The van der Waals surface area contributed by atoms with Crippen LogP contribution in [0.4, 0.5) is 0 Å². The minimum absolute atomic E-state index is 0.543. The lowest BCUT2D eigenvalue weighted by Crippen LogP contribution is -2.12. The highest BCUT2D eigenvalue weighted by Gasteiger charge is 2.11. The van der Waals surface area contributed by atoms with Crippen molar-refractivity contribution < 1.29 is 0 Å². The molecule has 13 heavy (non-hydrogen) atoms. The molecule has 0 fully saturated rings. The van der Waals surface area contributed by atoms with E-state index in [9.17, 15) is 0 Å². The van der Waals surface area contributed by atoms with Crippen molar-refractivity contribution in [2.45, 2.75) is 57.5 Å². The first-order chi connectivity index (χ1) is 5.93. The summed E-state index contributed by atoms with van der Waals surface area (Å²) >= 11 is 9.13. The average molecular weight is 220 g/mol. The fraction of sp³-hybridized carbons (Fsp3) is 1.00. The van der Waals surface area contributed by atoms with E-state index in [1.165, 1.54) is 19.3 Å². The molecule has 0 saturated heterocycles. The highest BCUT2D eigenvalue weighted by atomic mass is 32.1. The first kappa shape index (κ1) is 13.7. The molecule has 0 aromatic carbocycles. The molecule has 0 aliphatic rings. The Balaban J connectivity index is 3.51. The molecule has 0 aliphatic heterocycles. The molecular weight excluding hydrogens is 196 g/mol. The van der Waals surface area contributed by atoms with Crippen LogP contribution in [0.15, 0.2) is 0 Å². The van der Waals surface area contributed by atoms with Crippen LogP contribution in [0.2, 0.25) is 0 Å². The quantitative estimate of drug-likeness (QED) is 0.620. The lowest BCUT2D eigenvalue weighted by atomic mass is 10.0. The first-order valence-electron chi connectivity index (χ1n) is 5.29. The Morgan fingerprint density at radius 1 is 0.923 bits per heavy atom. The van der Waals surface area contributed by atoms with Crippen LogP contribution in [0.1, 0.15) is 47.0 Å². The Labute approximate surface area is 94.7 Å². The summed E-state index contributed by atoms with van der Waals surface area (Å²) in [6.07, 6.45) is 3.62. The van der Waals surface area contributed by atoms with Gasteiger partial charge >= 0.3 is 0 Å². The maximum absolute atomic E-state index is 4.58. The standard InChI is InChI=1S/C11H24S2/c1-8(2)7-10(12)5-6-11(13)9(3)4/h8-13H,5-7H2,1-4H3. The number of thiol groups is 2. The Hall–Kier alpha value is 0.700. The normalized spacial score (nSPS) is 16.6. The number of rotatable bonds is 6. The van der Waals surface area contributed by atoms with Gasteiger partial charge in [-0.25, -0.2) is 0 Å². The van der Waals surface area contributed by atoms with Crippen LogP contribution in [0, 0.1) is 11.8 Å². The fourth-order valence-electron chi connectivity index (χ4n) is 1.36. The zero-order valence-corrected chi connectivity index (χ0v) is 11.1.